The summed E-state index contributed by atoms with van der Waals surface area (Å²) in [6.07, 6.45) is 6.76. The Morgan fingerprint density at radius 2 is 2.19 bits per heavy atom. The van der Waals surface area contributed by atoms with E-state index in [0.29, 0.717) is 23.7 Å². The molecule has 0 saturated heterocycles. The molecular weight excluding hydrogens is 373 g/mol. The molecule has 0 bridgehead atoms. The van der Waals surface area contributed by atoms with Gasteiger partial charge in [-0.1, -0.05) is 0 Å². The number of hydrogen-bond acceptors (Lipinski definition) is 4. The molecular formula is C17H20FN5O3S. The van der Waals surface area contributed by atoms with Gasteiger partial charge in [0.05, 0.1) is 46.0 Å². The van der Waals surface area contributed by atoms with Crippen LogP contribution in [0.15, 0.2) is 33.9 Å². The largest absolute Gasteiger partial charge is 0.367 e. The smallest absolute Gasteiger partial charge is 0.291 e. The lowest BCUT2D eigenvalue weighted by Crippen LogP contribution is -2.39. The summed E-state index contributed by atoms with van der Waals surface area (Å²) in [5.41, 5.74) is -0.488. The van der Waals surface area contributed by atoms with Gasteiger partial charge in [0.25, 0.3) is 5.91 Å². The van der Waals surface area contributed by atoms with Crippen LogP contribution < -0.4 is 0 Å². The van der Waals surface area contributed by atoms with E-state index in [1.165, 1.54) is 12.5 Å². The van der Waals surface area contributed by atoms with Gasteiger partial charge in [-0.05, 0) is 24.5 Å². The van der Waals surface area contributed by atoms with Crippen LogP contribution in [0.5, 0.6) is 0 Å². The molecule has 2 aliphatic rings. The first kappa shape index (κ1) is 17.9. The Morgan fingerprint density at radius 1 is 1.41 bits per heavy atom. The summed E-state index contributed by atoms with van der Waals surface area (Å²) in [6.45, 7) is 1.19. The van der Waals surface area contributed by atoms with Crippen molar-refractivity contribution in [3.63, 3.8) is 0 Å². The number of H-pyrrole nitrogens is 1. The first-order valence-corrected chi connectivity index (χ1v) is 10.6. The van der Waals surface area contributed by atoms with E-state index in [4.69, 9.17) is 0 Å². The Balaban J connectivity index is 1.58. The monoisotopic (exact) mass is 393 g/mol. The number of carbonyl (C=O) groups is 2. The van der Waals surface area contributed by atoms with Crippen LogP contribution in [0.1, 0.15) is 24.1 Å². The number of alkyl halides is 1. The summed E-state index contributed by atoms with van der Waals surface area (Å²) in [5, 5.41) is 4.21. The molecule has 1 N–H and O–H groups in total. The number of aromatic nitrogens is 3. The fourth-order valence-corrected chi connectivity index (χ4v) is 4.55. The van der Waals surface area contributed by atoms with Gasteiger partial charge in [-0.15, -0.1) is 0 Å². The molecule has 10 heteroatoms. The van der Waals surface area contributed by atoms with Gasteiger partial charge in [-0.2, -0.15) is 9.46 Å². The van der Waals surface area contributed by atoms with Gasteiger partial charge < -0.3 is 9.88 Å². The average molecular weight is 393 g/mol. The third-order valence-corrected chi connectivity index (χ3v) is 6.61. The summed E-state index contributed by atoms with van der Waals surface area (Å²) in [4.78, 5) is 29.4. The minimum atomic E-state index is -3.14. The maximum Gasteiger partial charge on any atom is 0.291 e. The van der Waals surface area contributed by atoms with Crippen LogP contribution in [0.25, 0.3) is 0 Å². The lowest BCUT2D eigenvalue weighted by molar-refractivity contribution is -0.132. The van der Waals surface area contributed by atoms with Crippen LogP contribution >= 0.6 is 0 Å². The molecule has 144 valence electrons. The fraction of sp³-hybridized carbons (Fsp3) is 0.471. The minimum Gasteiger partial charge on any atom is -0.367 e. The third kappa shape index (κ3) is 3.41. The number of fused-ring (bicyclic) bond motifs is 1. The molecule has 2 aromatic rings. The molecule has 2 aromatic heterocycles. The van der Waals surface area contributed by atoms with Crippen LogP contribution in [-0.2, 0) is 38.8 Å². The van der Waals surface area contributed by atoms with Gasteiger partial charge in [0.1, 0.15) is 0 Å². The summed E-state index contributed by atoms with van der Waals surface area (Å²) < 4.78 is 32.3. The highest BCUT2D eigenvalue weighted by Gasteiger charge is 2.51. The highest BCUT2D eigenvalue weighted by Crippen LogP contribution is 2.41. The number of rotatable bonds is 4. The van der Waals surface area contributed by atoms with E-state index in [0.717, 1.165) is 5.56 Å². The quantitative estimate of drug-likeness (QED) is 0.846. The van der Waals surface area contributed by atoms with E-state index in [9.17, 15) is 18.2 Å². The Labute approximate surface area is 155 Å². The number of amides is 2. The Hall–Kier alpha value is -2.49. The number of aromatic amines is 1. The summed E-state index contributed by atoms with van der Waals surface area (Å²) >= 11 is 0. The summed E-state index contributed by atoms with van der Waals surface area (Å²) in [6, 6.07) is 1.84. The second-order valence-corrected chi connectivity index (χ2v) is 9.28. The van der Waals surface area contributed by atoms with Crippen molar-refractivity contribution in [1.29, 1.82) is 0 Å². The zero-order valence-corrected chi connectivity index (χ0v) is 15.7. The number of carbonyl (C=O) groups excluding carboxylic acids is 2. The van der Waals surface area contributed by atoms with E-state index >= 15 is 0 Å². The van der Waals surface area contributed by atoms with Gasteiger partial charge in [0.15, 0.2) is 5.67 Å². The molecule has 0 spiro atoms. The van der Waals surface area contributed by atoms with Gasteiger partial charge in [-0.25, -0.2) is 8.60 Å². The molecule has 1 atom stereocenters. The van der Waals surface area contributed by atoms with Crippen molar-refractivity contribution < 1.29 is 18.2 Å². The lowest BCUT2D eigenvalue weighted by Gasteiger charge is -2.28. The maximum atomic E-state index is 13.9. The molecule has 1 aliphatic heterocycles. The molecule has 1 fully saturated rings. The summed E-state index contributed by atoms with van der Waals surface area (Å²) in [5.74, 6) is -1.02. The van der Waals surface area contributed by atoms with Crippen molar-refractivity contribution in [2.24, 2.45) is 4.36 Å². The normalized spacial score (nSPS) is 19.9. The molecule has 2 amide bonds. The second kappa shape index (κ2) is 6.29. The number of nitrogens with zero attached hydrogens (tertiary/aromatic N) is 4. The van der Waals surface area contributed by atoms with Crippen molar-refractivity contribution in [1.82, 2.24) is 19.7 Å². The van der Waals surface area contributed by atoms with Crippen LogP contribution in [0, 0.1) is 0 Å². The van der Waals surface area contributed by atoms with E-state index in [2.05, 4.69) is 14.4 Å². The number of halogens is 1. The van der Waals surface area contributed by atoms with Gasteiger partial charge in [0, 0.05) is 25.2 Å². The van der Waals surface area contributed by atoms with Gasteiger partial charge in [0.2, 0.25) is 5.91 Å². The van der Waals surface area contributed by atoms with Crippen LogP contribution in [0.4, 0.5) is 4.39 Å². The fourth-order valence-electron chi connectivity index (χ4n) is 3.12. The van der Waals surface area contributed by atoms with Crippen molar-refractivity contribution in [3.8, 4) is 0 Å². The zero-order chi connectivity index (χ0) is 19.2. The van der Waals surface area contributed by atoms with E-state index in [1.807, 2.05) is 6.07 Å². The van der Waals surface area contributed by atoms with Gasteiger partial charge in [-0.3, -0.25) is 14.3 Å². The summed E-state index contributed by atoms with van der Waals surface area (Å²) in [7, 11) is -3.14. The zero-order valence-electron chi connectivity index (χ0n) is 14.9. The van der Waals surface area contributed by atoms with Crippen molar-refractivity contribution >= 4 is 21.5 Å². The molecule has 1 saturated carbocycles. The Kier molecular flexibility index (Phi) is 4.17. The van der Waals surface area contributed by atoms with Crippen LogP contribution in [0.2, 0.25) is 0 Å². The minimum absolute atomic E-state index is 0.0516. The molecule has 0 radical (unpaired) electrons. The molecule has 3 heterocycles. The Bertz CT molecular complexity index is 1020. The first-order valence-electron chi connectivity index (χ1n) is 8.68. The molecule has 4 rings (SSSR count). The van der Waals surface area contributed by atoms with Crippen molar-refractivity contribution in [2.75, 3.05) is 12.8 Å². The standard InChI is InChI=1S/C17H20FN5O3S/c1-27(26,21-16(25)17(18)3-4-17)14-10-20-23-7-6-22(11-13(14)23)15(24)8-12-2-5-19-9-12/h2,5,9-10,19H,3-4,6-8,11H2,1H3. The van der Waals surface area contributed by atoms with Crippen molar-refractivity contribution in [2.45, 2.75) is 42.9 Å². The maximum absolute atomic E-state index is 13.9. The molecule has 8 nitrogen and oxygen atoms in total. The SMILES string of the molecule is CS(=O)(=NC(=O)C1(F)CC1)c1cnn2c1CN(C(=O)Cc1cc[nH]c1)CC2. The van der Waals surface area contributed by atoms with E-state index < -0.39 is 21.3 Å². The van der Waals surface area contributed by atoms with E-state index in [-0.39, 0.29) is 31.7 Å². The third-order valence-electron chi connectivity index (χ3n) is 4.94. The van der Waals surface area contributed by atoms with Crippen LogP contribution in [0.3, 0.4) is 0 Å². The number of hydrogen-bond donors (Lipinski definition) is 1. The highest BCUT2D eigenvalue weighted by molar-refractivity contribution is 7.93. The molecule has 0 aromatic carbocycles. The predicted octanol–water partition coefficient (Wildman–Crippen LogP) is 1.28. The molecule has 1 unspecified atom stereocenters. The lowest BCUT2D eigenvalue weighted by atomic mass is 10.2. The Morgan fingerprint density at radius 3 is 2.85 bits per heavy atom. The predicted molar refractivity (Wildman–Crippen MR) is 95.0 cm³/mol. The second-order valence-electron chi connectivity index (χ2n) is 7.05. The van der Waals surface area contributed by atoms with Crippen LogP contribution in [-0.4, -0.2) is 54.2 Å². The molecule has 1 aliphatic carbocycles. The molecule has 27 heavy (non-hydrogen) atoms. The number of nitrogens with one attached hydrogen (secondary N) is 1. The topological polar surface area (TPSA) is 100 Å². The van der Waals surface area contributed by atoms with Crippen molar-refractivity contribution in [3.05, 3.63) is 35.9 Å². The first-order chi connectivity index (χ1) is 12.8. The van der Waals surface area contributed by atoms with Gasteiger partial charge >= 0.3 is 0 Å². The van der Waals surface area contributed by atoms with E-state index in [1.54, 1.807) is 22.0 Å². The highest BCUT2D eigenvalue weighted by atomic mass is 32.2. The average Bonchev–Trinajstić information content (AvgIpc) is 3.02.